The highest BCUT2D eigenvalue weighted by Gasteiger charge is 2.39. The zero-order chi connectivity index (χ0) is 17.0. The van der Waals surface area contributed by atoms with Crippen molar-refractivity contribution in [3.8, 4) is 0 Å². The molecule has 0 amide bonds. The third kappa shape index (κ3) is 6.73. The summed E-state index contributed by atoms with van der Waals surface area (Å²) in [5.41, 5.74) is -1.76. The molecule has 22 heavy (non-hydrogen) atoms. The third-order valence-corrected chi connectivity index (χ3v) is 3.60. The van der Waals surface area contributed by atoms with Crippen LogP contribution in [0.1, 0.15) is 0 Å². The summed E-state index contributed by atoms with van der Waals surface area (Å²) >= 11 is 0. The van der Waals surface area contributed by atoms with Gasteiger partial charge in [-0.15, -0.1) is 0 Å². The molecule has 1 saturated heterocycles. The van der Waals surface area contributed by atoms with Crippen molar-refractivity contribution in [3.05, 3.63) is 12.2 Å². The van der Waals surface area contributed by atoms with Crippen molar-refractivity contribution in [1.29, 1.82) is 0 Å². The Kier molecular flexibility index (Phi) is 6.35. The Hall–Kier alpha value is -1.17. The first-order valence-electron chi connectivity index (χ1n) is 6.20. The second kappa shape index (κ2) is 7.40. The Morgan fingerprint density at radius 2 is 1.91 bits per heavy atom. The Labute approximate surface area is 125 Å². The minimum absolute atomic E-state index is 0.179. The first-order valence-corrected chi connectivity index (χ1v) is 7.77. The van der Waals surface area contributed by atoms with E-state index in [2.05, 4.69) is 11.3 Å². The topological polar surface area (TPSA) is 96.0 Å². The van der Waals surface area contributed by atoms with Crippen molar-refractivity contribution in [2.24, 2.45) is 0 Å². The van der Waals surface area contributed by atoms with Crippen LogP contribution in [0.25, 0.3) is 0 Å². The molecular formula is C11H15F3NO6S-. The van der Waals surface area contributed by atoms with Crippen molar-refractivity contribution in [2.75, 3.05) is 38.6 Å². The molecular weight excluding hydrogens is 331 g/mol. The number of hydrogen-bond donors (Lipinski definition) is 0. The van der Waals surface area contributed by atoms with E-state index in [0.717, 1.165) is 0 Å². The molecule has 0 saturated carbocycles. The van der Waals surface area contributed by atoms with Gasteiger partial charge in [-0.05, 0) is 0 Å². The lowest BCUT2D eigenvalue weighted by Gasteiger charge is -2.30. The van der Waals surface area contributed by atoms with E-state index in [4.69, 9.17) is 4.74 Å². The van der Waals surface area contributed by atoms with E-state index in [1.165, 1.54) is 0 Å². The number of hydrogen-bond acceptors (Lipinski definition) is 7. The molecule has 1 fully saturated rings. The number of carbonyl (C=O) groups excluding carboxylic acids is 1. The standard InChI is InChI=1S/C11H16F3NO6S/c1-8(11(12,13)14)10(16)21-9(7-22(17,18)19)6-15-2-4-20-5-3-15/h9H,1-7H2,(H,17,18,19)/p-1. The summed E-state index contributed by atoms with van der Waals surface area (Å²) < 4.78 is 79.0. The van der Waals surface area contributed by atoms with Crippen LogP contribution >= 0.6 is 0 Å². The molecule has 0 radical (unpaired) electrons. The molecule has 0 aromatic carbocycles. The maximum atomic E-state index is 12.3. The van der Waals surface area contributed by atoms with Crippen molar-refractivity contribution in [2.45, 2.75) is 12.3 Å². The van der Waals surface area contributed by atoms with E-state index in [1.807, 2.05) is 0 Å². The Balaban J connectivity index is 2.73. The number of alkyl halides is 3. The molecule has 1 atom stereocenters. The van der Waals surface area contributed by atoms with Gasteiger partial charge in [0, 0.05) is 19.6 Å². The van der Waals surface area contributed by atoms with Crippen LogP contribution in [0.15, 0.2) is 12.2 Å². The van der Waals surface area contributed by atoms with E-state index in [9.17, 15) is 30.9 Å². The zero-order valence-corrected chi connectivity index (χ0v) is 12.3. The van der Waals surface area contributed by atoms with Crippen LogP contribution in [0.2, 0.25) is 0 Å². The summed E-state index contributed by atoms with van der Waals surface area (Å²) in [6.07, 6.45) is -6.50. The van der Waals surface area contributed by atoms with Crippen LogP contribution in [0.3, 0.4) is 0 Å². The highest BCUT2D eigenvalue weighted by atomic mass is 32.2. The molecule has 0 aromatic heterocycles. The first kappa shape index (κ1) is 18.9. The Morgan fingerprint density at radius 3 is 2.36 bits per heavy atom. The SMILES string of the molecule is C=C(C(=O)OC(CN1CCOCC1)CS(=O)(=O)[O-])C(F)(F)F. The van der Waals surface area contributed by atoms with Crippen molar-refractivity contribution >= 4 is 16.1 Å². The number of esters is 1. The molecule has 1 rings (SSSR count). The Bertz CT molecular complexity index is 512. The fraction of sp³-hybridized carbons (Fsp3) is 0.727. The van der Waals surface area contributed by atoms with Crippen molar-refractivity contribution < 1.29 is 40.4 Å². The molecule has 128 valence electrons. The van der Waals surface area contributed by atoms with Gasteiger partial charge in [0.15, 0.2) is 0 Å². The predicted octanol–water partition coefficient (Wildman–Crippen LogP) is -0.106. The minimum Gasteiger partial charge on any atom is -0.748 e. The summed E-state index contributed by atoms with van der Waals surface area (Å²) in [6.45, 7) is 3.84. The molecule has 11 heteroatoms. The van der Waals surface area contributed by atoms with Gasteiger partial charge in [0.25, 0.3) is 0 Å². The van der Waals surface area contributed by atoms with Crippen molar-refractivity contribution in [3.63, 3.8) is 0 Å². The molecule has 0 spiro atoms. The summed E-state index contributed by atoms with van der Waals surface area (Å²) in [4.78, 5) is 13.0. The molecule has 0 aromatic rings. The molecule has 0 bridgehead atoms. The van der Waals surface area contributed by atoms with Gasteiger partial charge in [-0.3, -0.25) is 4.90 Å². The molecule has 7 nitrogen and oxygen atoms in total. The third-order valence-electron chi connectivity index (χ3n) is 2.82. The largest absolute Gasteiger partial charge is 0.748 e. The van der Waals surface area contributed by atoms with Gasteiger partial charge in [-0.25, -0.2) is 13.2 Å². The van der Waals surface area contributed by atoms with Gasteiger partial charge in [-0.1, -0.05) is 6.58 Å². The number of nitrogens with zero attached hydrogens (tertiary/aromatic N) is 1. The van der Waals surface area contributed by atoms with Gasteiger partial charge in [0.05, 0.1) is 29.1 Å². The average Bonchev–Trinajstić information content (AvgIpc) is 2.35. The summed E-state index contributed by atoms with van der Waals surface area (Å²) in [7, 11) is -4.78. The zero-order valence-electron chi connectivity index (χ0n) is 11.5. The summed E-state index contributed by atoms with van der Waals surface area (Å²) in [6, 6.07) is 0. The van der Waals surface area contributed by atoms with Crippen molar-refractivity contribution in [1.82, 2.24) is 4.90 Å². The fourth-order valence-corrected chi connectivity index (χ4v) is 2.39. The van der Waals surface area contributed by atoms with E-state index < -0.39 is 39.7 Å². The van der Waals surface area contributed by atoms with Crippen LogP contribution < -0.4 is 0 Å². The van der Waals surface area contributed by atoms with Gasteiger partial charge in [-0.2, -0.15) is 13.2 Å². The second-order valence-electron chi connectivity index (χ2n) is 4.64. The molecule has 1 aliphatic rings. The smallest absolute Gasteiger partial charge is 0.422 e. The second-order valence-corrected chi connectivity index (χ2v) is 6.09. The molecule has 1 aliphatic heterocycles. The quantitative estimate of drug-likeness (QED) is 0.376. The van der Waals surface area contributed by atoms with Crippen LogP contribution in [-0.4, -0.2) is 74.7 Å². The lowest BCUT2D eigenvalue weighted by molar-refractivity contribution is -0.155. The number of carbonyl (C=O) groups is 1. The fourth-order valence-electron chi connectivity index (χ4n) is 1.76. The predicted molar refractivity (Wildman–Crippen MR) is 66.9 cm³/mol. The van der Waals surface area contributed by atoms with E-state index in [0.29, 0.717) is 26.3 Å². The van der Waals surface area contributed by atoms with Crippen LogP contribution in [0.4, 0.5) is 13.2 Å². The van der Waals surface area contributed by atoms with E-state index in [1.54, 1.807) is 4.90 Å². The number of ether oxygens (including phenoxy) is 2. The van der Waals surface area contributed by atoms with Gasteiger partial charge < -0.3 is 14.0 Å². The number of halogens is 3. The lowest BCUT2D eigenvalue weighted by atomic mass is 10.3. The van der Waals surface area contributed by atoms with Gasteiger partial charge in [0.1, 0.15) is 11.7 Å². The first-order chi connectivity index (χ1) is 9.99. The maximum Gasteiger partial charge on any atom is 0.422 e. The Morgan fingerprint density at radius 1 is 1.36 bits per heavy atom. The van der Waals surface area contributed by atoms with E-state index in [-0.39, 0.29) is 6.54 Å². The van der Waals surface area contributed by atoms with Gasteiger partial charge >= 0.3 is 12.1 Å². The summed E-state index contributed by atoms with van der Waals surface area (Å²) in [5, 5.41) is 0. The summed E-state index contributed by atoms with van der Waals surface area (Å²) in [5.74, 6) is -2.91. The van der Waals surface area contributed by atoms with Crippen LogP contribution in [-0.2, 0) is 24.4 Å². The highest BCUT2D eigenvalue weighted by Crippen LogP contribution is 2.25. The maximum absolute atomic E-state index is 12.3. The van der Waals surface area contributed by atoms with Crippen LogP contribution in [0, 0.1) is 0 Å². The normalized spacial score (nSPS) is 18.7. The molecule has 0 N–H and O–H groups in total. The minimum atomic E-state index is -4.99. The monoisotopic (exact) mass is 346 g/mol. The molecule has 0 aliphatic carbocycles. The lowest BCUT2D eigenvalue weighted by Crippen LogP contribution is -2.44. The van der Waals surface area contributed by atoms with E-state index >= 15 is 0 Å². The average molecular weight is 346 g/mol. The van der Waals surface area contributed by atoms with Crippen LogP contribution in [0.5, 0.6) is 0 Å². The molecule has 1 unspecified atom stereocenters. The van der Waals surface area contributed by atoms with Gasteiger partial charge in [0.2, 0.25) is 0 Å². The number of rotatable bonds is 6. The highest BCUT2D eigenvalue weighted by molar-refractivity contribution is 7.85. The number of morpholine rings is 1. The molecule has 1 heterocycles.